The van der Waals surface area contributed by atoms with E-state index >= 15 is 0 Å². The van der Waals surface area contributed by atoms with Crippen LogP contribution in [-0.2, 0) is 9.53 Å². The minimum Gasteiger partial charge on any atom is -0.463 e. The van der Waals surface area contributed by atoms with Crippen molar-refractivity contribution >= 4 is 5.97 Å². The van der Waals surface area contributed by atoms with Gasteiger partial charge in [0.05, 0.1) is 0 Å². The summed E-state index contributed by atoms with van der Waals surface area (Å²) in [4.78, 5) is 10.7. The number of rotatable bonds is 6. The zero-order valence-electron chi connectivity index (χ0n) is 8.88. The third kappa shape index (κ3) is 7.57. The van der Waals surface area contributed by atoms with Crippen molar-refractivity contribution in [1.29, 1.82) is 0 Å². The Hall–Kier alpha value is -0.790. The highest BCUT2D eigenvalue weighted by Gasteiger charge is 2.07. The molecule has 0 radical (unpaired) electrons. The van der Waals surface area contributed by atoms with Crippen LogP contribution in [0, 0.1) is 0 Å². The Morgan fingerprint density at radius 1 is 1.38 bits per heavy atom. The number of hydrogen-bond acceptors (Lipinski definition) is 2. The van der Waals surface area contributed by atoms with Crippen molar-refractivity contribution in [2.75, 3.05) is 0 Å². The molecule has 0 N–H and O–H groups in total. The second-order valence-electron chi connectivity index (χ2n) is 3.10. The molecule has 0 bridgehead atoms. The predicted molar refractivity (Wildman–Crippen MR) is 54.5 cm³/mol. The Morgan fingerprint density at radius 2 is 2.08 bits per heavy atom. The third-order valence-corrected chi connectivity index (χ3v) is 1.85. The minimum atomic E-state index is -0.175. The smallest absolute Gasteiger partial charge is 0.302 e. The molecule has 1 unspecified atom stereocenters. The largest absolute Gasteiger partial charge is 0.463 e. The Morgan fingerprint density at radius 3 is 2.54 bits per heavy atom. The molecule has 0 aromatic carbocycles. The second kappa shape index (κ2) is 7.84. The standard InChI is InChI=1S/C11H20O2/c1-4-6-7-8-9-11(5-2)13-10(3)12/h6-7,11H,4-5,8-9H2,1-3H3. The van der Waals surface area contributed by atoms with Gasteiger partial charge in [0.2, 0.25) is 0 Å². The number of ether oxygens (including phenoxy) is 1. The molecule has 76 valence electrons. The van der Waals surface area contributed by atoms with Crippen LogP contribution in [0.2, 0.25) is 0 Å². The first kappa shape index (κ1) is 12.2. The Labute approximate surface area is 81.0 Å². The number of esters is 1. The highest BCUT2D eigenvalue weighted by molar-refractivity contribution is 5.66. The molecule has 0 aromatic rings. The zero-order chi connectivity index (χ0) is 10.1. The number of carbonyl (C=O) groups excluding carboxylic acids is 1. The molecule has 0 spiro atoms. The summed E-state index contributed by atoms with van der Waals surface area (Å²) in [6, 6.07) is 0. The predicted octanol–water partition coefficient (Wildman–Crippen LogP) is 3.07. The van der Waals surface area contributed by atoms with E-state index < -0.39 is 0 Å². The molecule has 13 heavy (non-hydrogen) atoms. The van der Waals surface area contributed by atoms with Crippen LogP contribution in [0.1, 0.15) is 46.5 Å². The van der Waals surface area contributed by atoms with Gasteiger partial charge in [0.1, 0.15) is 6.10 Å². The van der Waals surface area contributed by atoms with E-state index in [1.807, 2.05) is 6.92 Å². The molecule has 2 nitrogen and oxygen atoms in total. The number of allylic oxidation sites excluding steroid dienone is 2. The topological polar surface area (TPSA) is 26.3 Å². The van der Waals surface area contributed by atoms with Crippen molar-refractivity contribution in [3.05, 3.63) is 12.2 Å². The van der Waals surface area contributed by atoms with E-state index in [0.717, 1.165) is 25.7 Å². The summed E-state index contributed by atoms with van der Waals surface area (Å²) >= 11 is 0. The Kier molecular flexibility index (Phi) is 7.36. The lowest BCUT2D eigenvalue weighted by Crippen LogP contribution is -2.14. The van der Waals surface area contributed by atoms with Crippen LogP contribution >= 0.6 is 0 Å². The lowest BCUT2D eigenvalue weighted by molar-refractivity contribution is -0.146. The molecule has 0 aliphatic carbocycles. The van der Waals surface area contributed by atoms with Crippen LogP contribution in [0.5, 0.6) is 0 Å². The first-order valence-electron chi connectivity index (χ1n) is 5.02. The fourth-order valence-corrected chi connectivity index (χ4v) is 1.15. The van der Waals surface area contributed by atoms with Gasteiger partial charge in [-0.2, -0.15) is 0 Å². The average molecular weight is 184 g/mol. The van der Waals surface area contributed by atoms with Gasteiger partial charge < -0.3 is 4.74 Å². The molecule has 0 fully saturated rings. The SMILES string of the molecule is CCC=CCCC(CC)OC(C)=O. The van der Waals surface area contributed by atoms with Crippen LogP contribution in [0.15, 0.2) is 12.2 Å². The Bertz CT molecular complexity index is 161. The number of carbonyl (C=O) groups is 1. The lowest BCUT2D eigenvalue weighted by atomic mass is 10.1. The Balaban J connectivity index is 3.59. The first-order valence-corrected chi connectivity index (χ1v) is 5.02. The van der Waals surface area contributed by atoms with E-state index in [1.54, 1.807) is 0 Å². The van der Waals surface area contributed by atoms with Crippen LogP contribution in [0.25, 0.3) is 0 Å². The fourth-order valence-electron chi connectivity index (χ4n) is 1.15. The summed E-state index contributed by atoms with van der Waals surface area (Å²) in [5.74, 6) is -0.175. The summed E-state index contributed by atoms with van der Waals surface area (Å²) in [5, 5.41) is 0. The van der Waals surface area contributed by atoms with Gasteiger partial charge in [-0.3, -0.25) is 4.79 Å². The van der Waals surface area contributed by atoms with Crippen molar-refractivity contribution in [3.8, 4) is 0 Å². The molecule has 0 aliphatic heterocycles. The summed E-state index contributed by atoms with van der Waals surface area (Å²) < 4.78 is 5.11. The van der Waals surface area contributed by atoms with Crippen LogP contribution in [-0.4, -0.2) is 12.1 Å². The van der Waals surface area contributed by atoms with Gasteiger partial charge in [0.25, 0.3) is 0 Å². The maximum absolute atomic E-state index is 10.7. The van der Waals surface area contributed by atoms with Gasteiger partial charge in [0, 0.05) is 6.92 Å². The molecular weight excluding hydrogens is 164 g/mol. The van der Waals surface area contributed by atoms with Crippen molar-refractivity contribution in [1.82, 2.24) is 0 Å². The van der Waals surface area contributed by atoms with Gasteiger partial charge >= 0.3 is 5.97 Å². The van der Waals surface area contributed by atoms with Crippen LogP contribution in [0.4, 0.5) is 0 Å². The molecule has 0 saturated heterocycles. The van der Waals surface area contributed by atoms with E-state index in [-0.39, 0.29) is 12.1 Å². The normalized spacial score (nSPS) is 13.2. The summed E-state index contributed by atoms with van der Waals surface area (Å²) in [7, 11) is 0. The maximum atomic E-state index is 10.7. The van der Waals surface area contributed by atoms with Crippen LogP contribution < -0.4 is 0 Å². The first-order chi connectivity index (χ1) is 6.20. The van der Waals surface area contributed by atoms with Gasteiger partial charge in [0.15, 0.2) is 0 Å². The quantitative estimate of drug-likeness (QED) is 0.468. The third-order valence-electron chi connectivity index (χ3n) is 1.85. The highest BCUT2D eigenvalue weighted by atomic mass is 16.5. The zero-order valence-corrected chi connectivity index (χ0v) is 8.88. The van der Waals surface area contributed by atoms with Crippen molar-refractivity contribution < 1.29 is 9.53 Å². The van der Waals surface area contributed by atoms with Crippen molar-refractivity contribution in [2.45, 2.75) is 52.6 Å². The average Bonchev–Trinajstić information content (AvgIpc) is 2.09. The highest BCUT2D eigenvalue weighted by Crippen LogP contribution is 2.07. The molecular formula is C11H20O2. The van der Waals surface area contributed by atoms with Crippen molar-refractivity contribution in [2.24, 2.45) is 0 Å². The van der Waals surface area contributed by atoms with Crippen LogP contribution in [0.3, 0.4) is 0 Å². The molecule has 0 heterocycles. The number of hydrogen-bond donors (Lipinski definition) is 0. The fraction of sp³-hybridized carbons (Fsp3) is 0.727. The lowest BCUT2D eigenvalue weighted by Gasteiger charge is -2.13. The summed E-state index contributed by atoms with van der Waals surface area (Å²) in [6.45, 7) is 5.61. The molecule has 0 rings (SSSR count). The summed E-state index contributed by atoms with van der Waals surface area (Å²) in [6.07, 6.45) is 8.29. The van der Waals surface area contributed by atoms with E-state index in [9.17, 15) is 4.79 Å². The molecule has 0 aliphatic rings. The van der Waals surface area contributed by atoms with Gasteiger partial charge in [-0.25, -0.2) is 0 Å². The summed E-state index contributed by atoms with van der Waals surface area (Å²) in [5.41, 5.74) is 0. The van der Waals surface area contributed by atoms with E-state index in [1.165, 1.54) is 6.92 Å². The van der Waals surface area contributed by atoms with Gasteiger partial charge in [-0.1, -0.05) is 26.0 Å². The van der Waals surface area contributed by atoms with Crippen molar-refractivity contribution in [3.63, 3.8) is 0 Å². The molecule has 0 aromatic heterocycles. The van der Waals surface area contributed by atoms with E-state index in [0.29, 0.717) is 0 Å². The maximum Gasteiger partial charge on any atom is 0.302 e. The second-order valence-corrected chi connectivity index (χ2v) is 3.10. The van der Waals surface area contributed by atoms with Gasteiger partial charge in [-0.15, -0.1) is 0 Å². The monoisotopic (exact) mass is 184 g/mol. The molecule has 2 heteroatoms. The minimum absolute atomic E-state index is 0.0963. The van der Waals surface area contributed by atoms with E-state index in [2.05, 4.69) is 19.1 Å². The molecule has 1 atom stereocenters. The molecule has 0 saturated carbocycles. The van der Waals surface area contributed by atoms with Gasteiger partial charge in [-0.05, 0) is 25.7 Å². The molecule has 0 amide bonds. The van der Waals surface area contributed by atoms with E-state index in [4.69, 9.17) is 4.74 Å².